The monoisotopic (exact) mass is 1810 g/mol. The molecular weight excluding hydrogens is 1720 g/mol. The van der Waals surface area contributed by atoms with E-state index in [4.69, 9.17) is 8.83 Å². The van der Waals surface area contributed by atoms with Crippen molar-refractivity contribution in [2.45, 2.75) is 10.8 Å². The highest BCUT2D eigenvalue weighted by molar-refractivity contribution is 6.11. The minimum Gasteiger partial charge on any atom is -0.456 e. The Balaban J connectivity index is 0.000000146. The van der Waals surface area contributed by atoms with Gasteiger partial charge in [0.1, 0.15) is 22.3 Å². The van der Waals surface area contributed by atoms with E-state index >= 15 is 0 Å². The molecule has 4 nitrogen and oxygen atoms in total. The second kappa shape index (κ2) is 35.6. The lowest BCUT2D eigenvalue weighted by molar-refractivity contribution is 0.668. The molecule has 0 atom stereocenters. The van der Waals surface area contributed by atoms with Gasteiger partial charge in [0.05, 0.1) is 39.3 Å². The van der Waals surface area contributed by atoms with Crippen LogP contribution in [0.5, 0.6) is 0 Å². The molecule has 0 amide bonds. The van der Waals surface area contributed by atoms with E-state index < -0.39 is 10.8 Å². The summed E-state index contributed by atoms with van der Waals surface area (Å²) in [5, 5.41) is 6.97. The van der Waals surface area contributed by atoms with Crippen molar-refractivity contribution in [3.63, 3.8) is 0 Å². The van der Waals surface area contributed by atoms with Gasteiger partial charge in [-0.1, -0.05) is 479 Å². The normalized spacial score (nSPS) is 12.5. The first-order valence-corrected chi connectivity index (χ1v) is 48.9. The molecule has 0 spiro atoms. The van der Waals surface area contributed by atoms with Crippen LogP contribution in [0.4, 0.5) is 34.1 Å². The average Bonchev–Trinajstić information content (AvgIpc) is 1.54. The van der Waals surface area contributed by atoms with E-state index in [1.54, 1.807) is 0 Å². The number of nitrogens with zero attached hydrogens (tertiary/aromatic N) is 2. The van der Waals surface area contributed by atoms with Crippen molar-refractivity contribution in [2.75, 3.05) is 9.80 Å². The molecule has 0 saturated heterocycles. The van der Waals surface area contributed by atoms with E-state index in [-0.39, 0.29) is 0 Å². The summed E-state index contributed by atoms with van der Waals surface area (Å²) >= 11 is 0. The molecule has 4 heteroatoms. The van der Waals surface area contributed by atoms with Gasteiger partial charge in [-0.3, -0.25) is 0 Å². The molecule has 2 heterocycles. The second-order valence-corrected chi connectivity index (χ2v) is 37.0. The molecule has 0 saturated carbocycles. The molecule has 27 rings (SSSR count). The zero-order chi connectivity index (χ0) is 94.0. The average molecular weight is 1810 g/mol. The summed E-state index contributed by atoms with van der Waals surface area (Å²) in [7, 11) is 0. The predicted molar refractivity (Wildman–Crippen MR) is 592 cm³/mol. The van der Waals surface area contributed by atoms with Crippen molar-refractivity contribution in [3.05, 3.63) is 603 Å². The standard InChI is InChI=1S/C71H47NO.C67H45NO/c1-3-21-53(22-4-1)71(54-23-5-2-6-24-54)64-32-13-9-29-63(64)70-62(31-18-33-65(70)71)59-27-11-15-35-67(59)72(66-34-14-10-26-58(66)52-43-46-61-60-28-12-16-36-68(60)73-69(61)47-52)55-44-41-49(42-45-55)48-37-39-51(40-38-48)57-30-17-20-50-19-7-8-25-56(50)57;1-4-21-46(22-5-1)47-39-41-48(42-40-47)52-27-11-16-35-61(52)68(62-36-17-12-28-53(62)49-43-44-56-55-30-14-19-38-64(55)69-65(56)45-49)63-37-18-13-29-54(63)57-32-20-34-60-66(57)58-31-10-15-33-59(58)67(60,50-23-6-2-7-24-50)51-25-8-3-9-26-51/h1-47H;1-45H. The van der Waals surface area contributed by atoms with Crippen molar-refractivity contribution in [2.24, 2.45) is 0 Å². The topological polar surface area (TPSA) is 32.8 Å². The smallest absolute Gasteiger partial charge is 0.136 e. The largest absolute Gasteiger partial charge is 0.456 e. The molecule has 0 aliphatic heterocycles. The number of para-hydroxylation sites is 7. The Morgan fingerprint density at radius 1 is 0.148 bits per heavy atom. The van der Waals surface area contributed by atoms with Crippen LogP contribution in [0.25, 0.3) is 166 Å². The lowest BCUT2D eigenvalue weighted by atomic mass is 9.67. The fraction of sp³-hybridized carbons (Fsp3) is 0.0145. The molecule has 0 fully saturated rings. The van der Waals surface area contributed by atoms with E-state index in [1.807, 2.05) is 24.3 Å². The third-order valence-corrected chi connectivity index (χ3v) is 29.4. The Kier molecular flexibility index (Phi) is 21.1. The first-order chi connectivity index (χ1) is 70.5. The van der Waals surface area contributed by atoms with Gasteiger partial charge in [-0.25, -0.2) is 0 Å². The second-order valence-electron chi connectivity index (χ2n) is 37.0. The number of furan rings is 2. The first-order valence-electron chi connectivity index (χ1n) is 48.9. The lowest BCUT2D eigenvalue weighted by Crippen LogP contribution is -2.28. The van der Waals surface area contributed by atoms with Gasteiger partial charge in [0, 0.05) is 55.0 Å². The minimum absolute atomic E-state index is 0.524. The number of hydrogen-bond donors (Lipinski definition) is 0. The van der Waals surface area contributed by atoms with Crippen LogP contribution in [-0.2, 0) is 10.8 Å². The molecule has 2 aromatic heterocycles. The fourth-order valence-corrected chi connectivity index (χ4v) is 23.1. The van der Waals surface area contributed by atoms with Crippen LogP contribution in [0.1, 0.15) is 44.5 Å². The third kappa shape index (κ3) is 14.1. The molecule has 25 aromatic rings. The van der Waals surface area contributed by atoms with E-state index in [0.717, 1.165) is 128 Å². The van der Waals surface area contributed by atoms with E-state index in [2.05, 4.69) is 544 Å². The van der Waals surface area contributed by atoms with Crippen molar-refractivity contribution in [1.82, 2.24) is 0 Å². The summed E-state index contributed by atoms with van der Waals surface area (Å²) in [5.41, 5.74) is 42.4. The van der Waals surface area contributed by atoms with Gasteiger partial charge in [-0.2, -0.15) is 0 Å². The Labute approximate surface area is 826 Å². The number of anilines is 6. The number of hydrogen-bond acceptors (Lipinski definition) is 4. The summed E-state index contributed by atoms with van der Waals surface area (Å²) in [6.45, 7) is 0. The maximum Gasteiger partial charge on any atom is 0.136 e. The molecule has 0 bridgehead atoms. The van der Waals surface area contributed by atoms with E-state index in [9.17, 15) is 0 Å². The highest BCUT2D eigenvalue weighted by Crippen LogP contribution is 2.63. The van der Waals surface area contributed by atoms with Gasteiger partial charge >= 0.3 is 0 Å². The van der Waals surface area contributed by atoms with Crippen molar-refractivity contribution in [1.29, 1.82) is 0 Å². The van der Waals surface area contributed by atoms with Crippen molar-refractivity contribution >= 4 is 88.8 Å². The molecular formula is C138H92N2O2. The van der Waals surface area contributed by atoms with Gasteiger partial charge in [-0.05, 0) is 218 Å². The molecule has 666 valence electrons. The zero-order valence-corrected chi connectivity index (χ0v) is 77.8. The van der Waals surface area contributed by atoms with Crippen LogP contribution in [0.15, 0.2) is 567 Å². The number of rotatable bonds is 18. The summed E-state index contributed by atoms with van der Waals surface area (Å²) in [6, 6.07) is 203. The number of fused-ring (bicyclic) bond motifs is 13. The van der Waals surface area contributed by atoms with E-state index in [0.29, 0.717) is 0 Å². The van der Waals surface area contributed by atoms with Crippen LogP contribution in [0.2, 0.25) is 0 Å². The van der Waals surface area contributed by atoms with Crippen LogP contribution in [0.3, 0.4) is 0 Å². The maximum atomic E-state index is 6.52. The lowest BCUT2D eigenvalue weighted by Gasteiger charge is -2.34. The highest BCUT2D eigenvalue weighted by Gasteiger charge is 2.49. The van der Waals surface area contributed by atoms with Gasteiger partial charge < -0.3 is 18.6 Å². The highest BCUT2D eigenvalue weighted by atomic mass is 16.3. The van der Waals surface area contributed by atoms with Crippen molar-refractivity contribution in [3.8, 4) is 111 Å². The minimum atomic E-state index is -0.528. The summed E-state index contributed by atoms with van der Waals surface area (Å²) in [4.78, 5) is 4.96. The molecule has 23 aromatic carbocycles. The Morgan fingerprint density at radius 2 is 0.415 bits per heavy atom. The first kappa shape index (κ1) is 84.1. The SMILES string of the molecule is c1ccc(-c2ccc(-c3ccccc3N(c3ccccc3-c3ccc4c(c3)oc3ccccc34)c3ccccc3-c3cccc4c3-c3ccccc3C4(c3ccccc3)c3ccccc3)cc2)cc1.c1ccc(C2(c3ccccc3)c3ccccc3-c3c(-c4ccccc4N(c4ccc(-c5ccc(-c6cccc7ccccc67)cc5)cc4)c4ccccc4-c4ccc5c(c4)oc4ccccc45)cccc32)cc1. The molecule has 0 unspecified atom stereocenters. The van der Waals surface area contributed by atoms with Crippen LogP contribution < -0.4 is 9.80 Å². The number of benzene rings is 23. The van der Waals surface area contributed by atoms with Gasteiger partial charge in [0.15, 0.2) is 0 Å². The Morgan fingerprint density at radius 3 is 0.859 bits per heavy atom. The molecule has 2 aliphatic rings. The molecule has 2 aliphatic carbocycles. The van der Waals surface area contributed by atoms with Crippen LogP contribution in [0, 0.1) is 0 Å². The van der Waals surface area contributed by atoms with E-state index in [1.165, 1.54) is 116 Å². The molecule has 0 radical (unpaired) electrons. The quantitative estimate of drug-likeness (QED) is 0.0857. The van der Waals surface area contributed by atoms with Gasteiger partial charge in [0.25, 0.3) is 0 Å². The van der Waals surface area contributed by atoms with Gasteiger partial charge in [0.2, 0.25) is 0 Å². The predicted octanol–water partition coefficient (Wildman–Crippen LogP) is 37.3. The zero-order valence-electron chi connectivity index (χ0n) is 77.8. The summed E-state index contributed by atoms with van der Waals surface area (Å²) in [5.74, 6) is 0. The van der Waals surface area contributed by atoms with Crippen LogP contribution in [-0.4, -0.2) is 0 Å². The molecule has 142 heavy (non-hydrogen) atoms. The summed E-state index contributed by atoms with van der Waals surface area (Å²) < 4.78 is 13.0. The fourth-order valence-electron chi connectivity index (χ4n) is 23.1. The van der Waals surface area contributed by atoms with Crippen LogP contribution >= 0.6 is 0 Å². The maximum absolute atomic E-state index is 6.52. The third-order valence-electron chi connectivity index (χ3n) is 29.4. The Bertz CT molecular complexity index is 8990. The summed E-state index contributed by atoms with van der Waals surface area (Å²) in [6.07, 6.45) is 0. The molecule has 0 N–H and O–H groups in total. The Hall–Kier alpha value is -18.5. The van der Waals surface area contributed by atoms with Gasteiger partial charge in [-0.15, -0.1) is 0 Å². The van der Waals surface area contributed by atoms with Crippen molar-refractivity contribution < 1.29 is 8.83 Å².